The molecule has 0 aliphatic heterocycles. The summed E-state index contributed by atoms with van der Waals surface area (Å²) < 4.78 is 29.1. The third kappa shape index (κ3) is 7.68. The first-order valence-electron chi connectivity index (χ1n) is 14.1. The molecule has 0 bridgehead atoms. The van der Waals surface area contributed by atoms with Crippen molar-refractivity contribution in [3.05, 3.63) is 94.5 Å². The van der Waals surface area contributed by atoms with Crippen LogP contribution in [0.25, 0.3) is 0 Å². The quantitative estimate of drug-likeness (QED) is 0.311. The molecule has 1 N–H and O–H groups in total. The van der Waals surface area contributed by atoms with E-state index in [1.165, 1.54) is 17.0 Å². The maximum Gasteiger partial charge on any atom is 0.264 e. The van der Waals surface area contributed by atoms with Gasteiger partial charge in [0.05, 0.1) is 10.6 Å². The van der Waals surface area contributed by atoms with Gasteiger partial charge in [0.2, 0.25) is 11.8 Å². The third-order valence-electron chi connectivity index (χ3n) is 7.64. The molecule has 41 heavy (non-hydrogen) atoms. The van der Waals surface area contributed by atoms with E-state index < -0.39 is 28.5 Å². The Balaban J connectivity index is 1.69. The number of sulfonamides is 1. The van der Waals surface area contributed by atoms with Gasteiger partial charge in [0.1, 0.15) is 12.6 Å². The van der Waals surface area contributed by atoms with Crippen molar-refractivity contribution in [3.63, 3.8) is 0 Å². The van der Waals surface area contributed by atoms with Crippen molar-refractivity contribution in [2.24, 2.45) is 0 Å². The van der Waals surface area contributed by atoms with Gasteiger partial charge in [-0.3, -0.25) is 13.9 Å². The minimum Gasteiger partial charge on any atom is -0.352 e. The second-order valence-electron chi connectivity index (χ2n) is 10.8. The van der Waals surface area contributed by atoms with Gasteiger partial charge < -0.3 is 10.2 Å². The number of anilines is 1. The van der Waals surface area contributed by atoms with Crippen LogP contribution in [0.5, 0.6) is 0 Å². The molecule has 2 amide bonds. The zero-order chi connectivity index (χ0) is 29.6. The van der Waals surface area contributed by atoms with Crippen LogP contribution < -0.4 is 9.62 Å². The lowest BCUT2D eigenvalue weighted by molar-refractivity contribution is -0.139. The lowest BCUT2D eigenvalue weighted by atomic mass is 9.95. The van der Waals surface area contributed by atoms with Crippen molar-refractivity contribution in [2.45, 2.75) is 76.4 Å². The van der Waals surface area contributed by atoms with Crippen molar-refractivity contribution in [1.82, 2.24) is 10.2 Å². The fraction of sp³-hybridized carbons (Fsp3) is 0.375. The molecule has 3 aromatic carbocycles. The number of benzene rings is 3. The standard InChI is InChI=1S/C32H38ClN3O4S/c1-23-14-18-29(19-15-23)41(39,40)36(30-20-27(33)17-16-24(30)2)22-31(37)35(21-26-10-6-4-7-11-26)25(3)32(38)34-28-12-8-5-9-13-28/h4,6-7,10-11,14-20,25,28H,5,8-9,12-13,21-22H2,1-3H3,(H,34,38)/t25-/m0/s1. The molecular formula is C32H38ClN3O4S. The molecule has 1 fully saturated rings. The van der Waals surface area contributed by atoms with Crippen LogP contribution in [0.15, 0.2) is 77.7 Å². The number of hydrogen-bond acceptors (Lipinski definition) is 4. The van der Waals surface area contributed by atoms with Gasteiger partial charge in [-0.2, -0.15) is 0 Å². The highest BCUT2D eigenvalue weighted by Gasteiger charge is 2.33. The van der Waals surface area contributed by atoms with Gasteiger partial charge in [0.25, 0.3) is 10.0 Å². The second kappa shape index (κ2) is 13.5. The molecular weight excluding hydrogens is 558 g/mol. The monoisotopic (exact) mass is 595 g/mol. The highest BCUT2D eigenvalue weighted by Crippen LogP contribution is 2.30. The highest BCUT2D eigenvalue weighted by atomic mass is 35.5. The summed E-state index contributed by atoms with van der Waals surface area (Å²) in [4.78, 5) is 29.0. The molecule has 7 nitrogen and oxygen atoms in total. The summed E-state index contributed by atoms with van der Waals surface area (Å²) in [7, 11) is -4.15. The molecule has 0 unspecified atom stereocenters. The normalized spacial score (nSPS) is 14.7. The predicted molar refractivity (Wildman–Crippen MR) is 163 cm³/mol. The van der Waals surface area contributed by atoms with Gasteiger partial charge in [0, 0.05) is 17.6 Å². The minimum absolute atomic E-state index is 0.0629. The number of amides is 2. The lowest BCUT2D eigenvalue weighted by Gasteiger charge is -2.33. The number of hydrogen-bond donors (Lipinski definition) is 1. The van der Waals surface area contributed by atoms with Gasteiger partial charge in [-0.25, -0.2) is 8.42 Å². The summed E-state index contributed by atoms with van der Waals surface area (Å²) in [5.41, 5.74) is 2.71. The summed E-state index contributed by atoms with van der Waals surface area (Å²) in [6.45, 7) is 5.01. The van der Waals surface area contributed by atoms with Crippen LogP contribution in [0.3, 0.4) is 0 Å². The van der Waals surface area contributed by atoms with E-state index >= 15 is 0 Å². The van der Waals surface area contributed by atoms with Gasteiger partial charge >= 0.3 is 0 Å². The number of carbonyl (C=O) groups is 2. The Morgan fingerprint density at radius 2 is 1.61 bits per heavy atom. The first kappa shape index (κ1) is 30.6. The summed E-state index contributed by atoms with van der Waals surface area (Å²) in [6.07, 6.45) is 5.13. The Bertz CT molecular complexity index is 1460. The van der Waals surface area contributed by atoms with E-state index in [9.17, 15) is 18.0 Å². The van der Waals surface area contributed by atoms with Gasteiger partial charge in [0.15, 0.2) is 0 Å². The number of rotatable bonds is 10. The van der Waals surface area contributed by atoms with Gasteiger partial charge in [-0.15, -0.1) is 0 Å². The zero-order valence-corrected chi connectivity index (χ0v) is 25.4. The smallest absolute Gasteiger partial charge is 0.264 e. The predicted octanol–water partition coefficient (Wildman–Crippen LogP) is 6.02. The first-order valence-corrected chi connectivity index (χ1v) is 15.9. The average molecular weight is 596 g/mol. The van der Waals surface area contributed by atoms with Gasteiger partial charge in [-0.05, 0) is 69.0 Å². The topological polar surface area (TPSA) is 86.8 Å². The van der Waals surface area contributed by atoms with Crippen LogP contribution >= 0.6 is 11.6 Å². The van der Waals surface area contributed by atoms with E-state index in [0.717, 1.165) is 47.5 Å². The Kier molecular flexibility index (Phi) is 10.1. The lowest BCUT2D eigenvalue weighted by Crippen LogP contribution is -2.53. The number of aryl methyl sites for hydroxylation is 2. The van der Waals surface area contributed by atoms with Crippen molar-refractivity contribution in [3.8, 4) is 0 Å². The van der Waals surface area contributed by atoms with Crippen molar-refractivity contribution in [2.75, 3.05) is 10.8 Å². The fourth-order valence-electron chi connectivity index (χ4n) is 5.13. The van der Waals surface area contributed by atoms with Crippen LogP contribution in [-0.2, 0) is 26.2 Å². The van der Waals surface area contributed by atoms with E-state index in [1.807, 2.05) is 37.3 Å². The molecule has 1 aliphatic rings. The van der Waals surface area contributed by atoms with Crippen molar-refractivity contribution >= 4 is 39.1 Å². The van der Waals surface area contributed by atoms with E-state index in [-0.39, 0.29) is 23.4 Å². The maximum absolute atomic E-state index is 14.1. The van der Waals surface area contributed by atoms with E-state index in [4.69, 9.17) is 11.6 Å². The summed E-state index contributed by atoms with van der Waals surface area (Å²) in [5.74, 6) is -0.733. The first-order chi connectivity index (χ1) is 19.6. The largest absolute Gasteiger partial charge is 0.352 e. The van der Waals surface area contributed by atoms with Crippen LogP contribution in [0.4, 0.5) is 5.69 Å². The molecule has 1 saturated carbocycles. The summed E-state index contributed by atoms with van der Waals surface area (Å²) >= 11 is 6.30. The average Bonchev–Trinajstić information content (AvgIpc) is 2.96. The second-order valence-corrected chi connectivity index (χ2v) is 13.1. The molecule has 1 aliphatic carbocycles. The highest BCUT2D eigenvalue weighted by molar-refractivity contribution is 7.92. The Hall–Kier alpha value is -3.36. The number of nitrogens with one attached hydrogen (secondary N) is 1. The number of nitrogens with zero attached hydrogens (tertiary/aromatic N) is 2. The van der Waals surface area contributed by atoms with Crippen LogP contribution in [-0.4, -0.2) is 43.8 Å². The molecule has 0 heterocycles. The van der Waals surface area contributed by atoms with E-state index in [2.05, 4.69) is 5.32 Å². The Labute approximate surface area is 248 Å². The molecule has 0 radical (unpaired) electrons. The number of carbonyl (C=O) groups excluding carboxylic acids is 2. The minimum atomic E-state index is -4.15. The molecule has 0 saturated heterocycles. The SMILES string of the molecule is Cc1ccc(S(=O)(=O)N(CC(=O)N(Cc2ccccc2)[C@@H](C)C(=O)NC2CCCCC2)c2cc(Cl)ccc2C)cc1. The fourth-order valence-corrected chi connectivity index (χ4v) is 6.77. The molecule has 218 valence electrons. The van der Waals surface area contributed by atoms with Crippen molar-refractivity contribution in [1.29, 1.82) is 0 Å². The van der Waals surface area contributed by atoms with Crippen molar-refractivity contribution < 1.29 is 18.0 Å². The third-order valence-corrected chi connectivity index (χ3v) is 9.65. The summed E-state index contributed by atoms with van der Waals surface area (Å²) in [5, 5.41) is 3.47. The van der Waals surface area contributed by atoms with Crippen LogP contribution in [0.1, 0.15) is 55.7 Å². The van der Waals surface area contributed by atoms with Crippen LogP contribution in [0, 0.1) is 13.8 Å². The Morgan fingerprint density at radius 1 is 0.951 bits per heavy atom. The van der Waals surface area contributed by atoms with E-state index in [1.54, 1.807) is 44.2 Å². The maximum atomic E-state index is 14.1. The van der Waals surface area contributed by atoms with Gasteiger partial charge in [-0.1, -0.05) is 85.0 Å². The molecule has 3 aromatic rings. The molecule has 1 atom stereocenters. The molecule has 4 rings (SSSR count). The molecule has 9 heteroatoms. The van der Waals surface area contributed by atoms with Crippen LogP contribution in [0.2, 0.25) is 5.02 Å². The molecule has 0 spiro atoms. The number of halogens is 1. The summed E-state index contributed by atoms with van der Waals surface area (Å²) in [6, 6.07) is 20.1. The molecule has 0 aromatic heterocycles. The Morgan fingerprint density at radius 3 is 2.27 bits per heavy atom. The zero-order valence-electron chi connectivity index (χ0n) is 23.8. The van der Waals surface area contributed by atoms with E-state index in [0.29, 0.717) is 16.3 Å².